The molecule has 0 aliphatic carbocycles. The number of carbonyl (C=O) groups excluding carboxylic acids is 1. The summed E-state index contributed by atoms with van der Waals surface area (Å²) in [5.74, 6) is 0.139. The number of hydrogen-bond donors (Lipinski definition) is 0. The largest absolute Gasteiger partial charge is 0.147 e. The molecule has 0 bridgehead atoms. The molecule has 0 unspecified atom stereocenters. The predicted molar refractivity (Wildman–Crippen MR) is 43.3 cm³/mol. The Morgan fingerprint density at radius 1 is 1.27 bits per heavy atom. The van der Waals surface area contributed by atoms with E-state index in [1.54, 1.807) is 6.92 Å². The van der Waals surface area contributed by atoms with E-state index in [0.717, 1.165) is 23.9 Å². The minimum absolute atomic E-state index is 0. The van der Waals surface area contributed by atoms with Crippen LogP contribution in [0.5, 0.6) is 0 Å². The molecule has 0 N–H and O–H groups in total. The van der Waals surface area contributed by atoms with E-state index in [0.29, 0.717) is 0 Å². The van der Waals surface area contributed by atoms with Crippen molar-refractivity contribution in [3.63, 3.8) is 0 Å². The molecule has 0 radical (unpaired) electrons. The molecule has 0 amide bonds. The van der Waals surface area contributed by atoms with Gasteiger partial charge in [0.25, 0.3) is 0 Å². The normalized spacial score (nSPS) is 8.64. The van der Waals surface area contributed by atoms with Gasteiger partial charge in [-0.05, 0) is 0 Å². The van der Waals surface area contributed by atoms with Crippen molar-refractivity contribution >= 4 is 22.3 Å². The van der Waals surface area contributed by atoms with Crippen LogP contribution in [-0.2, 0) is 18.3 Å². The van der Waals surface area contributed by atoms with Crippen LogP contribution in [0.15, 0.2) is 24.3 Å². The van der Waals surface area contributed by atoms with Crippen LogP contribution in [0.25, 0.3) is 0 Å². The van der Waals surface area contributed by atoms with Gasteiger partial charge in [0.1, 0.15) is 0 Å². The van der Waals surface area contributed by atoms with Crippen molar-refractivity contribution in [2.45, 2.75) is 6.92 Å². The Morgan fingerprint density at radius 2 is 1.73 bits per heavy atom. The topological polar surface area (TPSA) is 17.1 Å². The Labute approximate surface area is 82.3 Å². The Balaban J connectivity index is 0.000001000. The number of carbonyl (C=O) groups is 1. The molecule has 1 nitrogen and oxygen atoms in total. The third kappa shape index (κ3) is 3.13. The Morgan fingerprint density at radius 3 is 2.09 bits per heavy atom. The smallest absolute Gasteiger partial charge is 0.147 e. The molecule has 1 rings (SSSR count). The number of benzene rings is 1. The molecule has 0 spiro atoms. The number of ketones is 1. The quantitative estimate of drug-likeness (QED) is 0.518. The molecule has 0 aliphatic rings. The summed E-state index contributed by atoms with van der Waals surface area (Å²) in [4.78, 5) is 10.8. The molecule has 11 heavy (non-hydrogen) atoms. The molecule has 0 aromatic heterocycles. The molecule has 0 heterocycles. The van der Waals surface area contributed by atoms with Crippen LogP contribution >= 0.6 is 12.4 Å². The molecular weight excluding hydrogens is 213 g/mol. The third-order valence-corrected chi connectivity index (χ3v) is 2.35. The van der Waals surface area contributed by atoms with Crippen LogP contribution in [0.3, 0.4) is 0 Å². The molecule has 0 saturated carbocycles. The predicted octanol–water partition coefficient (Wildman–Crippen LogP) is 1.48. The Kier molecular flexibility index (Phi) is 4.55. The van der Waals surface area contributed by atoms with Crippen molar-refractivity contribution in [1.82, 2.24) is 0 Å². The van der Waals surface area contributed by atoms with Gasteiger partial charge in [-0.2, -0.15) is 0 Å². The van der Waals surface area contributed by atoms with Crippen molar-refractivity contribution in [2.24, 2.45) is 0 Å². The number of Topliss-reactive ketones (excluding diaryl/α,β-unsaturated/α-hetero) is 1. The van der Waals surface area contributed by atoms with Crippen molar-refractivity contribution in [3.8, 4) is 0 Å². The Hall–Kier alpha value is -0.197. The number of hydrogen-bond acceptors (Lipinski definition) is 1. The van der Waals surface area contributed by atoms with E-state index in [2.05, 4.69) is 0 Å². The zero-order chi connectivity index (χ0) is 7.56. The van der Waals surface area contributed by atoms with Crippen LogP contribution in [0.1, 0.15) is 17.3 Å². The van der Waals surface area contributed by atoms with E-state index >= 15 is 0 Å². The van der Waals surface area contributed by atoms with Gasteiger partial charge in [0.05, 0.1) is 0 Å². The van der Waals surface area contributed by atoms with Gasteiger partial charge < -0.3 is 0 Å². The first-order chi connectivity index (χ1) is 4.70. The zero-order valence-electron chi connectivity index (χ0n) is 6.33. The first-order valence-electron chi connectivity index (χ1n) is 3.13. The monoisotopic (exact) mass is 219 g/mol. The minimum Gasteiger partial charge on any atom is -0.147 e. The van der Waals surface area contributed by atoms with E-state index in [1.165, 1.54) is 4.16 Å². The van der Waals surface area contributed by atoms with Crippen LogP contribution in [0.4, 0.5) is 0 Å². The maximum Gasteiger partial charge on any atom is -0.147 e. The van der Waals surface area contributed by atoms with Gasteiger partial charge in [0.15, 0.2) is 0 Å². The first-order valence-corrected chi connectivity index (χ1v) is 4.61. The number of halogens is 1. The van der Waals surface area contributed by atoms with Crippen molar-refractivity contribution < 1.29 is 23.1 Å². The summed E-state index contributed by atoms with van der Waals surface area (Å²) in [6.07, 6.45) is 0. The van der Waals surface area contributed by atoms with Gasteiger partial charge >= 0.3 is 69.8 Å². The van der Waals surface area contributed by atoms with Gasteiger partial charge in [0.2, 0.25) is 0 Å². The van der Waals surface area contributed by atoms with E-state index < -0.39 is 0 Å². The van der Waals surface area contributed by atoms with E-state index in [1.807, 2.05) is 24.3 Å². The molecular formula is C8H8ClOZn. The average Bonchev–Trinajstić information content (AvgIpc) is 1.88. The standard InChI is InChI=1S/C8H7O.ClH.Zn/c1-7(9)8-5-3-2-4-6-8;;/h3-6H,1H3;1H;. The summed E-state index contributed by atoms with van der Waals surface area (Å²) < 4.78 is 1.31. The molecule has 3 heteroatoms. The van der Waals surface area contributed by atoms with E-state index in [-0.39, 0.29) is 18.2 Å². The van der Waals surface area contributed by atoms with Crippen LogP contribution in [0.2, 0.25) is 0 Å². The summed E-state index contributed by atoms with van der Waals surface area (Å²) in [5, 5.41) is 0. The molecule has 0 fully saturated rings. The first kappa shape index (κ1) is 10.8. The molecule has 1 aromatic rings. The fourth-order valence-electron chi connectivity index (χ4n) is 0.739. The zero-order valence-corrected chi connectivity index (χ0v) is 10.1. The second-order valence-electron chi connectivity index (χ2n) is 2.25. The SMILES string of the molecule is CC(=O)c1cc[c]([Zn])cc1.Cl. The van der Waals surface area contributed by atoms with Crippen molar-refractivity contribution in [3.05, 3.63) is 29.8 Å². The second-order valence-corrected chi connectivity index (χ2v) is 3.97. The molecule has 0 saturated heterocycles. The summed E-state index contributed by atoms with van der Waals surface area (Å²) in [6.45, 7) is 1.58. The summed E-state index contributed by atoms with van der Waals surface area (Å²) >= 11 is 1.15. The molecule has 0 atom stereocenters. The minimum atomic E-state index is 0. The number of rotatable bonds is 1. The molecule has 0 aliphatic heterocycles. The van der Waals surface area contributed by atoms with Crippen LogP contribution in [0, 0.1) is 0 Å². The van der Waals surface area contributed by atoms with Gasteiger partial charge in [0, 0.05) is 0 Å². The maximum absolute atomic E-state index is 10.8. The summed E-state index contributed by atoms with van der Waals surface area (Å²) in [7, 11) is 0. The maximum atomic E-state index is 10.8. The van der Waals surface area contributed by atoms with Crippen LogP contribution in [-0.4, -0.2) is 5.78 Å². The van der Waals surface area contributed by atoms with Gasteiger partial charge in [-0.3, -0.25) is 0 Å². The molecule has 1 aromatic carbocycles. The average molecular weight is 221 g/mol. The fraction of sp³-hybridized carbons (Fsp3) is 0.125. The third-order valence-electron chi connectivity index (χ3n) is 1.36. The second kappa shape index (κ2) is 4.63. The summed E-state index contributed by atoms with van der Waals surface area (Å²) in [5.41, 5.74) is 0.803. The van der Waals surface area contributed by atoms with E-state index in [4.69, 9.17) is 0 Å². The van der Waals surface area contributed by atoms with Gasteiger partial charge in [-0.1, -0.05) is 0 Å². The van der Waals surface area contributed by atoms with Crippen molar-refractivity contribution in [1.29, 1.82) is 0 Å². The molecule has 55 valence electrons. The van der Waals surface area contributed by atoms with Crippen LogP contribution < -0.4 is 4.16 Å². The van der Waals surface area contributed by atoms with Crippen molar-refractivity contribution in [2.75, 3.05) is 0 Å². The summed E-state index contributed by atoms with van der Waals surface area (Å²) in [6, 6.07) is 7.75. The van der Waals surface area contributed by atoms with E-state index in [9.17, 15) is 4.79 Å². The Bertz CT molecular complexity index is 243. The fourth-order valence-corrected chi connectivity index (χ4v) is 1.23. The van der Waals surface area contributed by atoms with Gasteiger partial charge in [-0.15, -0.1) is 12.4 Å². The van der Waals surface area contributed by atoms with Gasteiger partial charge in [-0.25, -0.2) is 0 Å².